The zero-order valence-corrected chi connectivity index (χ0v) is 45.9. The first-order valence-electron chi connectivity index (χ1n) is 26.5. The van der Waals surface area contributed by atoms with Crippen molar-refractivity contribution in [3.05, 3.63) is 192 Å². The van der Waals surface area contributed by atoms with E-state index in [2.05, 4.69) is 282 Å². The summed E-state index contributed by atoms with van der Waals surface area (Å²) in [7, 11) is 0. The van der Waals surface area contributed by atoms with Crippen LogP contribution in [0.2, 0.25) is 0 Å². The lowest BCUT2D eigenvalue weighted by atomic mass is 9.33. The lowest BCUT2D eigenvalue weighted by Crippen LogP contribution is -2.61. The van der Waals surface area contributed by atoms with Gasteiger partial charge in [-0.2, -0.15) is 0 Å². The monoisotopic (exact) mass is 958 g/mol. The Morgan fingerprint density at radius 1 is 0.370 bits per heavy atom. The van der Waals surface area contributed by atoms with E-state index in [1.54, 1.807) is 0 Å². The summed E-state index contributed by atoms with van der Waals surface area (Å²) in [6.45, 7) is 34.7. The van der Waals surface area contributed by atoms with E-state index < -0.39 is 0 Å². The maximum atomic E-state index is 6.97. The van der Waals surface area contributed by atoms with Crippen LogP contribution >= 0.6 is 0 Å². The second-order valence-corrected chi connectivity index (χ2v) is 26.0. The lowest BCUT2D eigenvalue weighted by molar-refractivity contribution is 0.589. The van der Waals surface area contributed by atoms with Crippen LogP contribution in [-0.2, 0) is 27.1 Å². The Morgan fingerprint density at radius 3 is 1.30 bits per heavy atom. The molecule has 0 aliphatic carbocycles. The molecule has 0 fully saturated rings. The van der Waals surface area contributed by atoms with Crippen LogP contribution < -0.4 is 31.1 Å². The SMILES string of the molecule is CC(C)(C)c1ccc(N(c2cc3c4c(c2)N(c2cccc(C(C)(C)C)c2)c2cc(C(C)(C)C)ccc2B4c2ccc(C(C)(C)C)cc2N3c2cccc(C(C)(C)C)c2)c2cccc3c2oc2ccccc23)cc1. The molecule has 2 aliphatic rings. The fraction of sp³-hybridized carbons (Fsp3) is 0.294. The van der Waals surface area contributed by atoms with Crippen LogP contribution in [0.3, 0.4) is 0 Å². The van der Waals surface area contributed by atoms with Crippen molar-refractivity contribution in [3.63, 3.8) is 0 Å². The standard InChI is InChI=1S/C68H72BN3O/c1-64(2,3)43-29-33-48(34-30-43)70(56-27-20-26-53-52-25-16-17-28-61(52)73-63(53)56)51-41-59-62-60(42-51)72(50-24-19-22-45(38-50)66(7,8)9)58-40-47(68(13,14)15)32-36-55(58)69(62)54-35-31-46(67(10,11)12)39-57(54)71(59)49-23-18-21-44(37-49)65(4,5)6/h16-42H,1-15H3. The van der Waals surface area contributed by atoms with Crippen molar-refractivity contribution < 1.29 is 4.42 Å². The second kappa shape index (κ2) is 16.8. The van der Waals surface area contributed by atoms with Crippen molar-refractivity contribution in [1.82, 2.24) is 0 Å². The number of fused-ring (bicyclic) bond motifs is 7. The Balaban J connectivity index is 1.31. The molecule has 0 saturated carbocycles. The molecule has 8 aromatic carbocycles. The molecule has 9 aromatic rings. The van der Waals surface area contributed by atoms with Gasteiger partial charge < -0.3 is 19.1 Å². The van der Waals surface area contributed by atoms with Crippen LogP contribution in [0, 0.1) is 0 Å². The van der Waals surface area contributed by atoms with Crippen molar-refractivity contribution in [3.8, 4) is 0 Å². The molecule has 0 amide bonds. The molecular weight excluding hydrogens is 886 g/mol. The van der Waals surface area contributed by atoms with Gasteiger partial charge in [0.05, 0.1) is 11.4 Å². The van der Waals surface area contributed by atoms with Gasteiger partial charge in [-0.3, -0.25) is 0 Å². The first-order chi connectivity index (χ1) is 34.4. The van der Waals surface area contributed by atoms with Crippen LogP contribution in [0.1, 0.15) is 132 Å². The third-order valence-corrected chi connectivity index (χ3v) is 15.6. The van der Waals surface area contributed by atoms with E-state index in [-0.39, 0.29) is 33.8 Å². The molecule has 2 aliphatic heterocycles. The summed E-state index contributed by atoms with van der Waals surface area (Å²) in [6.07, 6.45) is 0. The van der Waals surface area contributed by atoms with Crippen LogP contribution in [-0.4, -0.2) is 6.71 Å². The zero-order valence-electron chi connectivity index (χ0n) is 45.9. The molecule has 1 aromatic heterocycles. The van der Waals surface area contributed by atoms with Gasteiger partial charge in [0.1, 0.15) is 5.58 Å². The second-order valence-electron chi connectivity index (χ2n) is 26.0. The topological polar surface area (TPSA) is 22.9 Å². The van der Waals surface area contributed by atoms with Gasteiger partial charge in [0.2, 0.25) is 0 Å². The van der Waals surface area contributed by atoms with Crippen LogP contribution in [0.15, 0.2) is 168 Å². The maximum Gasteiger partial charge on any atom is 0.252 e. The molecule has 0 radical (unpaired) electrons. The van der Waals surface area contributed by atoms with Gasteiger partial charge in [-0.15, -0.1) is 0 Å². The average Bonchev–Trinajstić information content (AvgIpc) is 3.72. The number of benzene rings is 8. The molecule has 368 valence electrons. The molecule has 0 N–H and O–H groups in total. The molecule has 0 bridgehead atoms. The van der Waals surface area contributed by atoms with Crippen molar-refractivity contribution in [2.75, 3.05) is 14.7 Å². The molecule has 0 atom stereocenters. The Hall–Kier alpha value is -6.98. The highest BCUT2D eigenvalue weighted by Crippen LogP contribution is 2.51. The molecule has 3 heterocycles. The van der Waals surface area contributed by atoms with Gasteiger partial charge in [-0.05, 0) is 144 Å². The van der Waals surface area contributed by atoms with Crippen LogP contribution in [0.4, 0.5) is 51.2 Å². The summed E-state index contributed by atoms with van der Waals surface area (Å²) in [5.74, 6) is 0. The molecule has 0 unspecified atom stereocenters. The van der Waals surface area contributed by atoms with Crippen molar-refractivity contribution in [1.29, 1.82) is 0 Å². The Labute approximate surface area is 435 Å². The van der Waals surface area contributed by atoms with E-state index in [1.165, 1.54) is 55.6 Å². The third kappa shape index (κ3) is 8.34. The summed E-state index contributed by atoms with van der Waals surface area (Å²) in [4.78, 5) is 7.65. The number of nitrogens with zero attached hydrogens (tertiary/aromatic N) is 3. The summed E-state index contributed by atoms with van der Waals surface area (Å²) in [6, 6.07) is 62.5. The van der Waals surface area contributed by atoms with E-state index in [9.17, 15) is 0 Å². The van der Waals surface area contributed by atoms with Crippen molar-refractivity contribution in [2.24, 2.45) is 0 Å². The van der Waals surface area contributed by atoms with Gasteiger partial charge in [-0.1, -0.05) is 195 Å². The Kier molecular flexibility index (Phi) is 11.1. The van der Waals surface area contributed by atoms with Gasteiger partial charge in [0.15, 0.2) is 5.58 Å². The first-order valence-corrected chi connectivity index (χ1v) is 26.5. The highest BCUT2D eigenvalue weighted by atomic mass is 16.3. The number of hydrogen-bond donors (Lipinski definition) is 0. The number of para-hydroxylation sites is 2. The largest absolute Gasteiger partial charge is 0.454 e. The molecular formula is C68H72BN3O. The number of rotatable bonds is 5. The average molecular weight is 958 g/mol. The van der Waals surface area contributed by atoms with E-state index in [1.807, 2.05) is 0 Å². The van der Waals surface area contributed by atoms with Crippen LogP contribution in [0.25, 0.3) is 21.9 Å². The maximum absolute atomic E-state index is 6.97. The lowest BCUT2D eigenvalue weighted by Gasteiger charge is -2.46. The highest BCUT2D eigenvalue weighted by molar-refractivity contribution is 7.00. The fourth-order valence-electron chi connectivity index (χ4n) is 11.3. The summed E-state index contributed by atoms with van der Waals surface area (Å²) in [5, 5.41) is 2.20. The normalized spacial score (nSPS) is 13.9. The molecule has 0 spiro atoms. The highest BCUT2D eigenvalue weighted by Gasteiger charge is 2.45. The minimum absolute atomic E-state index is 0.0180. The van der Waals surface area contributed by atoms with E-state index >= 15 is 0 Å². The number of furan rings is 1. The zero-order chi connectivity index (χ0) is 51.7. The van der Waals surface area contributed by atoms with E-state index in [0.29, 0.717) is 0 Å². The Morgan fingerprint density at radius 2 is 0.808 bits per heavy atom. The van der Waals surface area contributed by atoms with Gasteiger partial charge >= 0.3 is 0 Å². The number of anilines is 9. The smallest absolute Gasteiger partial charge is 0.252 e. The van der Waals surface area contributed by atoms with Crippen molar-refractivity contribution >= 4 is 96.2 Å². The van der Waals surface area contributed by atoms with E-state index in [0.717, 1.165) is 61.8 Å². The summed E-state index contributed by atoms with van der Waals surface area (Å²) in [5.41, 5.74) is 22.0. The molecule has 73 heavy (non-hydrogen) atoms. The Bertz CT molecular complexity index is 3470. The first kappa shape index (κ1) is 48.3. The van der Waals surface area contributed by atoms with Gasteiger partial charge in [0, 0.05) is 50.6 Å². The summed E-state index contributed by atoms with van der Waals surface area (Å²) >= 11 is 0. The molecule has 4 nitrogen and oxygen atoms in total. The quantitative estimate of drug-likeness (QED) is 0.160. The van der Waals surface area contributed by atoms with Gasteiger partial charge in [0.25, 0.3) is 6.71 Å². The number of hydrogen-bond acceptors (Lipinski definition) is 4. The molecule has 0 saturated heterocycles. The minimum atomic E-state index is -0.0799. The van der Waals surface area contributed by atoms with Crippen molar-refractivity contribution in [2.45, 2.75) is 131 Å². The summed E-state index contributed by atoms with van der Waals surface area (Å²) < 4.78 is 6.97. The minimum Gasteiger partial charge on any atom is -0.454 e. The predicted octanol–water partition coefficient (Wildman–Crippen LogP) is 17.6. The molecule has 11 rings (SSSR count). The molecule has 5 heteroatoms. The van der Waals surface area contributed by atoms with Crippen LogP contribution in [0.5, 0.6) is 0 Å². The predicted molar refractivity (Wildman–Crippen MR) is 316 cm³/mol. The van der Waals surface area contributed by atoms with Gasteiger partial charge in [-0.25, -0.2) is 0 Å². The fourth-order valence-corrected chi connectivity index (χ4v) is 11.3. The third-order valence-electron chi connectivity index (χ3n) is 15.6. The van der Waals surface area contributed by atoms with E-state index in [4.69, 9.17) is 4.42 Å².